The van der Waals surface area contributed by atoms with E-state index in [9.17, 15) is 14.4 Å². The van der Waals surface area contributed by atoms with E-state index in [1.165, 1.54) is 212 Å². The average Bonchev–Trinajstić information content (AvgIpc) is 3.43. The van der Waals surface area contributed by atoms with Crippen LogP contribution in [0.2, 0.25) is 0 Å². The molecule has 0 saturated heterocycles. The van der Waals surface area contributed by atoms with Gasteiger partial charge in [0.1, 0.15) is 13.2 Å². The molecule has 0 aliphatic carbocycles. The molecule has 0 amide bonds. The van der Waals surface area contributed by atoms with Crippen molar-refractivity contribution in [2.75, 3.05) is 13.2 Å². The second kappa shape index (κ2) is 65.4. The Labute approximate surface area is 478 Å². The van der Waals surface area contributed by atoms with E-state index in [0.717, 1.165) is 89.9 Å². The van der Waals surface area contributed by atoms with Crippen molar-refractivity contribution in [3.8, 4) is 0 Å². The van der Waals surface area contributed by atoms with Crippen molar-refractivity contribution in [3.05, 3.63) is 72.9 Å². The number of carbonyl (C=O) groups excluding carboxylic acids is 3. The quantitative estimate of drug-likeness (QED) is 0.0261. The summed E-state index contributed by atoms with van der Waals surface area (Å²) in [7, 11) is 0. The molecule has 446 valence electrons. The summed E-state index contributed by atoms with van der Waals surface area (Å²) in [4.78, 5) is 38.4. The molecule has 0 bridgehead atoms. The number of esters is 3. The molecule has 0 unspecified atom stereocenters. The number of hydrogen-bond donors (Lipinski definition) is 0. The Bertz CT molecular complexity index is 1420. The highest BCUT2D eigenvalue weighted by Crippen LogP contribution is 2.17. The molecule has 0 rings (SSSR count). The molecule has 0 radical (unpaired) electrons. The zero-order valence-electron chi connectivity index (χ0n) is 51.2. The third kappa shape index (κ3) is 63.6. The molecule has 0 saturated carbocycles. The summed E-state index contributed by atoms with van der Waals surface area (Å²) in [6.45, 7) is 6.61. The predicted octanol–water partition coefficient (Wildman–Crippen LogP) is 22.9. The van der Waals surface area contributed by atoms with Gasteiger partial charge in [0.2, 0.25) is 0 Å². The van der Waals surface area contributed by atoms with Crippen LogP contribution in [0.25, 0.3) is 0 Å². The lowest BCUT2D eigenvalue weighted by Crippen LogP contribution is -2.30. The Kier molecular flexibility index (Phi) is 62.7. The van der Waals surface area contributed by atoms with Gasteiger partial charge >= 0.3 is 17.9 Å². The molecule has 0 aromatic rings. The van der Waals surface area contributed by atoms with Crippen molar-refractivity contribution in [2.45, 2.75) is 348 Å². The van der Waals surface area contributed by atoms with Crippen LogP contribution >= 0.6 is 0 Å². The van der Waals surface area contributed by atoms with E-state index < -0.39 is 6.10 Å². The third-order valence-corrected chi connectivity index (χ3v) is 14.7. The summed E-state index contributed by atoms with van der Waals surface area (Å²) >= 11 is 0. The molecule has 0 spiro atoms. The van der Waals surface area contributed by atoms with Gasteiger partial charge in [-0.05, 0) is 96.3 Å². The number of ether oxygens (including phenoxy) is 3. The minimum Gasteiger partial charge on any atom is -0.462 e. The first kappa shape index (κ1) is 73.8. The van der Waals surface area contributed by atoms with Crippen LogP contribution in [-0.4, -0.2) is 37.2 Å². The van der Waals surface area contributed by atoms with Crippen molar-refractivity contribution in [2.24, 2.45) is 0 Å². The van der Waals surface area contributed by atoms with Gasteiger partial charge in [0.05, 0.1) is 0 Å². The maximum atomic E-state index is 12.9. The molecule has 6 heteroatoms. The van der Waals surface area contributed by atoms with Crippen LogP contribution in [-0.2, 0) is 28.6 Å². The van der Waals surface area contributed by atoms with Crippen LogP contribution in [0.4, 0.5) is 0 Å². The topological polar surface area (TPSA) is 78.9 Å². The van der Waals surface area contributed by atoms with Gasteiger partial charge in [-0.3, -0.25) is 14.4 Å². The number of allylic oxidation sites excluding steroid dienone is 12. The minimum absolute atomic E-state index is 0.0866. The smallest absolute Gasteiger partial charge is 0.306 e. The maximum absolute atomic E-state index is 12.9. The number of unbranched alkanes of at least 4 members (excludes halogenated alkanes) is 38. The van der Waals surface area contributed by atoms with Crippen LogP contribution in [0.3, 0.4) is 0 Å². The van der Waals surface area contributed by atoms with E-state index in [2.05, 4.69) is 93.7 Å². The highest BCUT2D eigenvalue weighted by Gasteiger charge is 2.19. The SMILES string of the molecule is CCCCC/C=C\C/C=C\C/C=C\C/C=C\CCCCCC(=O)O[C@H](COC(=O)CCCCCCCCCCC/C=C\C/C=C\CCCCC)COC(=O)CCCCCCCCCCCCCCCCCCCCCCC. The van der Waals surface area contributed by atoms with Gasteiger partial charge in [0.25, 0.3) is 0 Å². The van der Waals surface area contributed by atoms with Crippen molar-refractivity contribution in [1.29, 1.82) is 0 Å². The molecule has 0 heterocycles. The lowest BCUT2D eigenvalue weighted by atomic mass is 10.0. The van der Waals surface area contributed by atoms with E-state index in [-0.39, 0.29) is 31.1 Å². The minimum atomic E-state index is -0.794. The van der Waals surface area contributed by atoms with Crippen LogP contribution in [0.15, 0.2) is 72.9 Å². The highest BCUT2D eigenvalue weighted by atomic mass is 16.6. The molecule has 0 fully saturated rings. The van der Waals surface area contributed by atoms with Gasteiger partial charge in [-0.1, -0.05) is 299 Å². The standard InChI is InChI=1S/C71H126O6/c1-4-7-10-13-16-19-22-25-28-31-34-35-38-40-43-46-49-52-55-58-61-64-70(73)76-67-68(77-71(74)65-62-59-56-53-50-47-44-41-37-33-30-27-24-21-18-15-12-9-6-3)66-75-69(72)63-60-57-54-51-48-45-42-39-36-32-29-26-23-20-17-14-11-8-5-2/h17-18,20-21,26-27,29-30,37,41,47,50,68H,4-16,19,22-25,28,31-36,38-40,42-46,48-49,51-67H2,1-3H3/b20-17-,21-18-,29-26-,30-27-,41-37-,50-47-/t68-/m1/s1. The normalized spacial score (nSPS) is 12.5. The Hall–Kier alpha value is -3.15. The predicted molar refractivity (Wildman–Crippen MR) is 335 cm³/mol. The van der Waals surface area contributed by atoms with Crippen molar-refractivity contribution >= 4 is 17.9 Å². The van der Waals surface area contributed by atoms with E-state index in [1.807, 2.05) is 0 Å². The summed E-state index contributed by atoms with van der Waals surface area (Å²) in [6.07, 6.45) is 84.8. The Balaban J connectivity index is 4.40. The number of rotatable bonds is 61. The maximum Gasteiger partial charge on any atom is 0.306 e. The van der Waals surface area contributed by atoms with Gasteiger partial charge in [0.15, 0.2) is 6.10 Å². The Morgan fingerprint density at radius 3 is 0.766 bits per heavy atom. The molecular weight excluding hydrogens is 949 g/mol. The van der Waals surface area contributed by atoms with Gasteiger partial charge in [-0.2, -0.15) is 0 Å². The number of hydrogen-bond acceptors (Lipinski definition) is 6. The van der Waals surface area contributed by atoms with Gasteiger partial charge in [-0.25, -0.2) is 0 Å². The molecule has 6 nitrogen and oxygen atoms in total. The number of carbonyl (C=O) groups is 3. The zero-order chi connectivity index (χ0) is 55.7. The molecule has 1 atom stereocenters. The molecular formula is C71H126O6. The van der Waals surface area contributed by atoms with E-state index >= 15 is 0 Å². The fourth-order valence-corrected chi connectivity index (χ4v) is 9.64. The second-order valence-corrected chi connectivity index (χ2v) is 22.4. The largest absolute Gasteiger partial charge is 0.462 e. The van der Waals surface area contributed by atoms with Gasteiger partial charge in [0, 0.05) is 19.3 Å². The Morgan fingerprint density at radius 1 is 0.260 bits per heavy atom. The fraction of sp³-hybridized carbons (Fsp3) is 0.789. The first-order chi connectivity index (χ1) is 38.0. The first-order valence-electron chi connectivity index (χ1n) is 33.4. The van der Waals surface area contributed by atoms with Crippen LogP contribution in [0, 0.1) is 0 Å². The summed E-state index contributed by atoms with van der Waals surface area (Å²) in [6, 6.07) is 0. The van der Waals surface area contributed by atoms with Gasteiger partial charge in [-0.15, -0.1) is 0 Å². The molecule has 0 aromatic heterocycles. The summed E-state index contributed by atoms with van der Waals surface area (Å²) < 4.78 is 16.9. The van der Waals surface area contributed by atoms with Gasteiger partial charge < -0.3 is 14.2 Å². The monoisotopic (exact) mass is 1070 g/mol. The lowest BCUT2D eigenvalue weighted by molar-refractivity contribution is -0.167. The molecule has 0 aromatic carbocycles. The zero-order valence-corrected chi connectivity index (χ0v) is 51.2. The molecule has 77 heavy (non-hydrogen) atoms. The summed E-state index contributed by atoms with van der Waals surface area (Å²) in [5.41, 5.74) is 0. The van der Waals surface area contributed by atoms with Crippen LogP contribution in [0.5, 0.6) is 0 Å². The highest BCUT2D eigenvalue weighted by molar-refractivity contribution is 5.71. The first-order valence-corrected chi connectivity index (χ1v) is 33.4. The average molecular weight is 1080 g/mol. The summed E-state index contributed by atoms with van der Waals surface area (Å²) in [5.74, 6) is -0.903. The summed E-state index contributed by atoms with van der Waals surface area (Å²) in [5, 5.41) is 0. The van der Waals surface area contributed by atoms with Crippen molar-refractivity contribution < 1.29 is 28.6 Å². The lowest BCUT2D eigenvalue weighted by Gasteiger charge is -2.18. The van der Waals surface area contributed by atoms with Crippen LogP contribution in [0.1, 0.15) is 342 Å². The van der Waals surface area contributed by atoms with Crippen LogP contribution < -0.4 is 0 Å². The Morgan fingerprint density at radius 2 is 0.468 bits per heavy atom. The van der Waals surface area contributed by atoms with E-state index in [0.29, 0.717) is 19.3 Å². The fourth-order valence-electron chi connectivity index (χ4n) is 9.64. The van der Waals surface area contributed by atoms with E-state index in [4.69, 9.17) is 14.2 Å². The third-order valence-electron chi connectivity index (χ3n) is 14.7. The molecule has 0 aliphatic heterocycles. The molecule has 0 N–H and O–H groups in total. The van der Waals surface area contributed by atoms with Crippen molar-refractivity contribution in [3.63, 3.8) is 0 Å². The van der Waals surface area contributed by atoms with E-state index in [1.54, 1.807) is 0 Å². The molecule has 0 aliphatic rings. The second-order valence-electron chi connectivity index (χ2n) is 22.4. The van der Waals surface area contributed by atoms with Crippen molar-refractivity contribution in [1.82, 2.24) is 0 Å².